The average molecular weight is 426 g/mol. The van der Waals surface area contributed by atoms with E-state index in [9.17, 15) is 14.4 Å². The lowest BCUT2D eigenvalue weighted by molar-refractivity contribution is -0.134. The van der Waals surface area contributed by atoms with E-state index in [2.05, 4.69) is 4.98 Å². The van der Waals surface area contributed by atoms with Crippen LogP contribution < -0.4 is 5.56 Å². The summed E-state index contributed by atoms with van der Waals surface area (Å²) in [6, 6.07) is 4.84. The van der Waals surface area contributed by atoms with Crippen LogP contribution in [0.1, 0.15) is 74.0 Å². The highest BCUT2D eigenvalue weighted by Crippen LogP contribution is 2.17. The molecular formula is C24H31N3O4. The molecule has 31 heavy (non-hydrogen) atoms. The monoisotopic (exact) mass is 425 g/mol. The molecule has 3 heterocycles. The predicted molar refractivity (Wildman–Crippen MR) is 118 cm³/mol. The van der Waals surface area contributed by atoms with Crippen molar-refractivity contribution in [2.24, 2.45) is 0 Å². The molecule has 0 saturated carbocycles. The molecule has 1 fully saturated rings. The van der Waals surface area contributed by atoms with Crippen molar-refractivity contribution in [2.45, 2.75) is 70.8 Å². The quantitative estimate of drug-likeness (QED) is 0.704. The maximum atomic E-state index is 12.9. The second kappa shape index (κ2) is 10.1. The van der Waals surface area contributed by atoms with Gasteiger partial charge in [0, 0.05) is 26.1 Å². The number of benzene rings is 1. The summed E-state index contributed by atoms with van der Waals surface area (Å²) in [6.45, 7) is 1.90. The lowest BCUT2D eigenvalue weighted by Gasteiger charge is -2.24. The van der Waals surface area contributed by atoms with Crippen molar-refractivity contribution < 1.29 is 14.3 Å². The van der Waals surface area contributed by atoms with Gasteiger partial charge in [0.1, 0.15) is 5.82 Å². The highest BCUT2D eigenvalue weighted by Gasteiger charge is 2.19. The van der Waals surface area contributed by atoms with Gasteiger partial charge in [-0.15, -0.1) is 0 Å². The van der Waals surface area contributed by atoms with Crippen molar-refractivity contribution in [3.05, 3.63) is 39.9 Å². The first-order chi connectivity index (χ1) is 15.1. The Hall–Kier alpha value is -2.70. The SMILES string of the molecule is O=C(OCC(=O)N1CCCCCCC1)c1ccc2c(=O)n3c(nc2c1)CCCCCC3. The van der Waals surface area contributed by atoms with E-state index in [0.29, 0.717) is 23.0 Å². The molecule has 1 aromatic carbocycles. The van der Waals surface area contributed by atoms with Crippen LogP contribution in [0, 0.1) is 0 Å². The summed E-state index contributed by atoms with van der Waals surface area (Å²) >= 11 is 0. The number of carbonyl (C=O) groups excluding carboxylic acids is 2. The van der Waals surface area contributed by atoms with Crippen LogP contribution >= 0.6 is 0 Å². The van der Waals surface area contributed by atoms with E-state index < -0.39 is 5.97 Å². The number of esters is 1. The van der Waals surface area contributed by atoms with Crippen LogP contribution in [0.25, 0.3) is 10.9 Å². The molecule has 0 N–H and O–H groups in total. The average Bonchev–Trinajstić information content (AvgIpc) is 2.72. The minimum Gasteiger partial charge on any atom is -0.452 e. The zero-order chi connectivity index (χ0) is 21.6. The topological polar surface area (TPSA) is 81.5 Å². The molecule has 2 aromatic rings. The largest absolute Gasteiger partial charge is 0.452 e. The molecule has 0 spiro atoms. The molecule has 7 nitrogen and oxygen atoms in total. The summed E-state index contributed by atoms with van der Waals surface area (Å²) in [7, 11) is 0. The summed E-state index contributed by atoms with van der Waals surface area (Å²) in [4.78, 5) is 44.4. The van der Waals surface area contributed by atoms with E-state index >= 15 is 0 Å². The van der Waals surface area contributed by atoms with Gasteiger partial charge >= 0.3 is 5.97 Å². The van der Waals surface area contributed by atoms with Gasteiger partial charge in [-0.3, -0.25) is 14.2 Å². The maximum absolute atomic E-state index is 12.9. The van der Waals surface area contributed by atoms with Gasteiger partial charge in [0.05, 0.1) is 16.5 Å². The van der Waals surface area contributed by atoms with Crippen molar-refractivity contribution in [1.82, 2.24) is 14.5 Å². The van der Waals surface area contributed by atoms with Crippen molar-refractivity contribution in [3.63, 3.8) is 0 Å². The Balaban J connectivity index is 1.47. The van der Waals surface area contributed by atoms with Crippen molar-refractivity contribution in [2.75, 3.05) is 19.7 Å². The van der Waals surface area contributed by atoms with Crippen LogP contribution in [0.15, 0.2) is 23.0 Å². The van der Waals surface area contributed by atoms with Gasteiger partial charge in [-0.1, -0.05) is 32.1 Å². The summed E-state index contributed by atoms with van der Waals surface area (Å²) in [5.74, 6) is 0.0831. The highest BCUT2D eigenvalue weighted by molar-refractivity contribution is 5.95. The third-order valence-corrected chi connectivity index (χ3v) is 6.34. The third kappa shape index (κ3) is 5.14. The standard InChI is InChI=1S/C24H31N3O4/c28-22(26-13-7-3-1-4-8-14-26)17-31-24(30)18-11-12-19-20(16-18)25-21-10-6-2-5-9-15-27(21)23(19)29/h11-12,16H,1-10,13-15,17H2. The molecule has 0 bridgehead atoms. The van der Waals surface area contributed by atoms with E-state index in [-0.39, 0.29) is 18.1 Å². The van der Waals surface area contributed by atoms with Crippen LogP contribution in [-0.2, 0) is 22.5 Å². The Bertz CT molecular complexity index is 1010. The molecular weight excluding hydrogens is 394 g/mol. The maximum Gasteiger partial charge on any atom is 0.338 e. The first-order valence-corrected chi connectivity index (χ1v) is 11.6. The van der Waals surface area contributed by atoms with E-state index in [1.807, 2.05) is 0 Å². The van der Waals surface area contributed by atoms with Crippen molar-refractivity contribution in [1.29, 1.82) is 0 Å². The first kappa shape index (κ1) is 21.5. The fourth-order valence-electron chi connectivity index (χ4n) is 4.52. The number of carbonyl (C=O) groups is 2. The smallest absolute Gasteiger partial charge is 0.338 e. The molecule has 166 valence electrons. The normalized spacial score (nSPS) is 17.7. The van der Waals surface area contributed by atoms with E-state index in [1.54, 1.807) is 27.7 Å². The number of likely N-dealkylation sites (tertiary alicyclic amines) is 1. The summed E-state index contributed by atoms with van der Waals surface area (Å²) in [6.07, 6.45) is 10.5. The zero-order valence-corrected chi connectivity index (χ0v) is 18.1. The zero-order valence-electron chi connectivity index (χ0n) is 18.1. The molecule has 0 atom stereocenters. The van der Waals surface area contributed by atoms with Gasteiger partial charge in [-0.05, 0) is 43.9 Å². The van der Waals surface area contributed by atoms with Crippen LogP contribution in [-0.4, -0.2) is 46.0 Å². The fraction of sp³-hybridized carbons (Fsp3) is 0.583. The number of hydrogen-bond acceptors (Lipinski definition) is 5. The summed E-state index contributed by atoms with van der Waals surface area (Å²) < 4.78 is 7.08. The molecule has 2 aliphatic heterocycles. The Morgan fingerprint density at radius 1 is 0.903 bits per heavy atom. The lowest BCUT2D eigenvalue weighted by atomic mass is 10.1. The van der Waals surface area contributed by atoms with Crippen molar-refractivity contribution in [3.8, 4) is 0 Å². The number of aryl methyl sites for hydroxylation is 1. The second-order valence-electron chi connectivity index (χ2n) is 8.61. The highest BCUT2D eigenvalue weighted by atomic mass is 16.5. The van der Waals surface area contributed by atoms with Crippen LogP contribution in [0.5, 0.6) is 0 Å². The number of ether oxygens (including phenoxy) is 1. The third-order valence-electron chi connectivity index (χ3n) is 6.34. The number of amides is 1. The molecule has 0 aliphatic carbocycles. The predicted octanol–water partition coefficient (Wildman–Crippen LogP) is 3.46. The number of fused-ring (bicyclic) bond motifs is 2. The summed E-state index contributed by atoms with van der Waals surface area (Å²) in [5, 5.41) is 0.512. The fourth-order valence-corrected chi connectivity index (χ4v) is 4.52. The van der Waals surface area contributed by atoms with Gasteiger partial charge in [-0.2, -0.15) is 0 Å². The Labute approximate surface area is 182 Å². The van der Waals surface area contributed by atoms with Gasteiger partial charge in [0.15, 0.2) is 6.61 Å². The number of hydrogen-bond donors (Lipinski definition) is 0. The first-order valence-electron chi connectivity index (χ1n) is 11.6. The molecule has 7 heteroatoms. The van der Waals surface area contributed by atoms with Crippen LogP contribution in [0.4, 0.5) is 0 Å². The van der Waals surface area contributed by atoms with Gasteiger partial charge in [0.2, 0.25) is 0 Å². The van der Waals surface area contributed by atoms with Gasteiger partial charge < -0.3 is 9.64 Å². The minimum absolute atomic E-state index is 0.0472. The van der Waals surface area contributed by atoms with E-state index in [1.165, 1.54) is 6.42 Å². The van der Waals surface area contributed by atoms with Gasteiger partial charge in [0.25, 0.3) is 11.5 Å². The molecule has 4 rings (SSSR count). The van der Waals surface area contributed by atoms with Gasteiger partial charge in [-0.25, -0.2) is 9.78 Å². The Morgan fingerprint density at radius 2 is 1.58 bits per heavy atom. The van der Waals surface area contributed by atoms with Crippen LogP contribution in [0.3, 0.4) is 0 Å². The van der Waals surface area contributed by atoms with Crippen LogP contribution in [0.2, 0.25) is 0 Å². The van der Waals surface area contributed by atoms with Crippen molar-refractivity contribution >= 4 is 22.8 Å². The molecule has 1 aromatic heterocycles. The molecule has 0 radical (unpaired) electrons. The number of nitrogens with zero attached hydrogens (tertiary/aromatic N) is 3. The molecule has 1 saturated heterocycles. The molecule has 1 amide bonds. The minimum atomic E-state index is -0.559. The number of aromatic nitrogens is 2. The lowest BCUT2D eigenvalue weighted by Crippen LogP contribution is -2.36. The Kier molecular flexibility index (Phi) is 6.99. The molecule has 0 unspecified atom stereocenters. The molecule has 2 aliphatic rings. The summed E-state index contributed by atoms with van der Waals surface area (Å²) in [5.41, 5.74) is 0.783. The second-order valence-corrected chi connectivity index (χ2v) is 8.61. The number of rotatable bonds is 3. The van der Waals surface area contributed by atoms with E-state index in [0.717, 1.165) is 76.7 Å². The Morgan fingerprint density at radius 3 is 2.35 bits per heavy atom. The van der Waals surface area contributed by atoms with E-state index in [4.69, 9.17) is 4.74 Å².